The summed E-state index contributed by atoms with van der Waals surface area (Å²) in [6.07, 6.45) is -0.877. The maximum absolute atomic E-state index is 10.9. The molecule has 2 rings (SSSR count). The van der Waals surface area contributed by atoms with Gasteiger partial charge in [0.1, 0.15) is 0 Å². The van der Waals surface area contributed by atoms with Crippen molar-refractivity contribution in [2.24, 2.45) is 0 Å². The number of aliphatic hydroxyl groups is 2. The van der Waals surface area contributed by atoms with E-state index in [4.69, 9.17) is 9.84 Å². The molecule has 1 heterocycles. The van der Waals surface area contributed by atoms with E-state index in [0.29, 0.717) is 5.56 Å². The second-order valence-electron chi connectivity index (χ2n) is 3.43. The zero-order valence-corrected chi connectivity index (χ0v) is 8.10. The van der Waals surface area contributed by atoms with E-state index in [-0.39, 0.29) is 0 Å². The summed E-state index contributed by atoms with van der Waals surface area (Å²) < 4.78 is 4.80. The van der Waals surface area contributed by atoms with Gasteiger partial charge >= 0.3 is 5.97 Å². The molecule has 0 bridgehead atoms. The molecular weight excluding hydrogens is 196 g/mol. The monoisotopic (exact) mass is 206 g/mol. The van der Waals surface area contributed by atoms with Gasteiger partial charge in [-0.3, -0.25) is 0 Å². The molecule has 1 aliphatic rings. The number of cyclic esters (lactones) is 1. The van der Waals surface area contributed by atoms with Crippen LogP contribution in [0.4, 0.5) is 0 Å². The largest absolute Gasteiger partial charge is 0.505 e. The first-order valence-corrected chi connectivity index (χ1v) is 4.49. The highest BCUT2D eigenvalue weighted by atomic mass is 16.6. The van der Waals surface area contributed by atoms with Crippen molar-refractivity contribution in [3.63, 3.8) is 0 Å². The molecule has 0 saturated carbocycles. The van der Waals surface area contributed by atoms with E-state index in [2.05, 4.69) is 0 Å². The van der Waals surface area contributed by atoms with Crippen molar-refractivity contribution in [2.75, 3.05) is 0 Å². The van der Waals surface area contributed by atoms with Crippen molar-refractivity contribution in [1.29, 1.82) is 0 Å². The quantitative estimate of drug-likeness (QED) is 0.689. The van der Waals surface area contributed by atoms with Crippen LogP contribution in [0.25, 0.3) is 0 Å². The van der Waals surface area contributed by atoms with Crippen LogP contribution < -0.4 is 0 Å². The van der Waals surface area contributed by atoms with Crippen molar-refractivity contribution in [1.82, 2.24) is 0 Å². The summed E-state index contributed by atoms with van der Waals surface area (Å²) in [4.78, 5) is 10.9. The predicted octanol–water partition coefficient (Wildman–Crippen LogP) is 1.92. The Morgan fingerprint density at radius 2 is 1.80 bits per heavy atom. The lowest BCUT2D eigenvalue weighted by molar-refractivity contribution is -0.142. The van der Waals surface area contributed by atoms with Crippen molar-refractivity contribution >= 4 is 5.97 Å². The third-order valence-corrected chi connectivity index (χ3v) is 2.29. The molecule has 0 radical (unpaired) electrons. The van der Waals surface area contributed by atoms with Gasteiger partial charge in [-0.2, -0.15) is 0 Å². The summed E-state index contributed by atoms with van der Waals surface area (Å²) >= 11 is 0. The van der Waals surface area contributed by atoms with Crippen molar-refractivity contribution in [3.8, 4) is 0 Å². The minimum Gasteiger partial charge on any atom is -0.505 e. The standard InChI is InChI=1S/C11H10O4/c1-6-2-4-7(5-3-6)10-8(12)9(13)11(14)15-10/h2-5,10,12-13H,1H3. The highest BCUT2D eigenvalue weighted by molar-refractivity contribution is 5.89. The highest BCUT2D eigenvalue weighted by Gasteiger charge is 2.35. The van der Waals surface area contributed by atoms with Crippen molar-refractivity contribution < 1.29 is 19.7 Å². The predicted molar refractivity (Wildman–Crippen MR) is 52.3 cm³/mol. The van der Waals surface area contributed by atoms with E-state index in [1.54, 1.807) is 12.1 Å². The smallest absolute Gasteiger partial charge is 0.378 e. The molecule has 0 spiro atoms. The lowest BCUT2D eigenvalue weighted by Gasteiger charge is -2.09. The molecule has 4 nitrogen and oxygen atoms in total. The molecule has 4 heteroatoms. The fourth-order valence-electron chi connectivity index (χ4n) is 1.41. The first-order valence-electron chi connectivity index (χ1n) is 4.49. The third-order valence-electron chi connectivity index (χ3n) is 2.29. The van der Waals surface area contributed by atoms with E-state index in [1.165, 1.54) is 0 Å². The number of benzene rings is 1. The number of aliphatic hydroxyl groups excluding tert-OH is 2. The van der Waals surface area contributed by atoms with Gasteiger partial charge in [0.2, 0.25) is 5.76 Å². The van der Waals surface area contributed by atoms with E-state index in [9.17, 15) is 9.90 Å². The maximum Gasteiger partial charge on any atom is 0.378 e. The molecule has 15 heavy (non-hydrogen) atoms. The molecule has 1 unspecified atom stereocenters. The Kier molecular flexibility index (Phi) is 2.11. The Hall–Kier alpha value is -1.97. The molecule has 0 amide bonds. The van der Waals surface area contributed by atoms with Crippen molar-refractivity contribution in [2.45, 2.75) is 13.0 Å². The minimum atomic E-state index is -0.891. The van der Waals surface area contributed by atoms with Crippen LogP contribution in [0.3, 0.4) is 0 Å². The number of aryl methyl sites for hydroxylation is 1. The Labute approximate surface area is 86.4 Å². The van der Waals surface area contributed by atoms with Gasteiger partial charge in [0.25, 0.3) is 0 Å². The second-order valence-corrected chi connectivity index (χ2v) is 3.43. The number of hydrogen-bond donors (Lipinski definition) is 2. The molecular formula is C11H10O4. The van der Waals surface area contributed by atoms with Gasteiger partial charge in [-0.05, 0) is 6.92 Å². The van der Waals surface area contributed by atoms with Crippen LogP contribution in [-0.2, 0) is 9.53 Å². The fourth-order valence-corrected chi connectivity index (χ4v) is 1.41. The number of rotatable bonds is 1. The maximum atomic E-state index is 10.9. The van der Waals surface area contributed by atoms with E-state index in [1.807, 2.05) is 19.1 Å². The Morgan fingerprint density at radius 1 is 1.20 bits per heavy atom. The van der Waals surface area contributed by atoms with E-state index >= 15 is 0 Å². The summed E-state index contributed by atoms with van der Waals surface area (Å²) in [5, 5.41) is 18.5. The molecule has 1 aliphatic heterocycles. The van der Waals surface area contributed by atoms with Crippen LogP contribution in [0.15, 0.2) is 35.8 Å². The van der Waals surface area contributed by atoms with Gasteiger partial charge in [-0.1, -0.05) is 29.8 Å². The lowest BCUT2D eigenvalue weighted by atomic mass is 10.1. The van der Waals surface area contributed by atoms with Gasteiger partial charge in [0.15, 0.2) is 11.9 Å². The lowest BCUT2D eigenvalue weighted by Crippen LogP contribution is -2.03. The Morgan fingerprint density at radius 3 is 2.27 bits per heavy atom. The van der Waals surface area contributed by atoms with Crippen LogP contribution in [-0.4, -0.2) is 16.2 Å². The zero-order chi connectivity index (χ0) is 11.0. The summed E-state index contributed by atoms with van der Waals surface area (Å²) in [5.41, 5.74) is 1.70. The number of hydrogen-bond acceptors (Lipinski definition) is 4. The molecule has 0 saturated heterocycles. The average molecular weight is 206 g/mol. The molecule has 0 aromatic heterocycles. The molecule has 0 fully saturated rings. The fraction of sp³-hybridized carbons (Fsp3) is 0.182. The first kappa shape index (κ1) is 9.58. The summed E-state index contributed by atoms with van der Waals surface area (Å²) in [6.45, 7) is 1.93. The van der Waals surface area contributed by atoms with Gasteiger partial charge in [-0.15, -0.1) is 0 Å². The van der Waals surface area contributed by atoms with Crippen LogP contribution in [0.5, 0.6) is 0 Å². The molecule has 1 atom stereocenters. The molecule has 78 valence electrons. The summed E-state index contributed by atoms with van der Waals surface area (Å²) in [5.74, 6) is -2.03. The van der Waals surface area contributed by atoms with E-state index in [0.717, 1.165) is 5.56 Å². The van der Waals surface area contributed by atoms with Gasteiger partial charge in [0.05, 0.1) is 0 Å². The van der Waals surface area contributed by atoms with Gasteiger partial charge in [0, 0.05) is 5.56 Å². The van der Waals surface area contributed by atoms with Crippen molar-refractivity contribution in [3.05, 3.63) is 46.9 Å². The third kappa shape index (κ3) is 1.54. The number of esters is 1. The minimum absolute atomic E-state index is 0.427. The van der Waals surface area contributed by atoms with E-state index < -0.39 is 23.6 Å². The van der Waals surface area contributed by atoms with Crippen LogP contribution >= 0.6 is 0 Å². The number of ether oxygens (including phenoxy) is 1. The summed E-state index contributed by atoms with van der Waals surface area (Å²) in [7, 11) is 0. The first-order chi connectivity index (χ1) is 7.09. The molecule has 1 aromatic carbocycles. The zero-order valence-electron chi connectivity index (χ0n) is 8.10. The van der Waals surface area contributed by atoms with Crippen LogP contribution in [0.1, 0.15) is 17.2 Å². The van der Waals surface area contributed by atoms with Gasteiger partial charge in [-0.25, -0.2) is 4.79 Å². The second kappa shape index (κ2) is 3.31. The number of carbonyl (C=O) groups is 1. The normalized spacial score (nSPS) is 20.6. The molecule has 1 aromatic rings. The van der Waals surface area contributed by atoms with Crippen LogP contribution in [0.2, 0.25) is 0 Å². The molecule has 0 aliphatic carbocycles. The highest BCUT2D eigenvalue weighted by Crippen LogP contribution is 2.32. The topological polar surface area (TPSA) is 66.8 Å². The Balaban J connectivity index is 2.35. The summed E-state index contributed by atoms with van der Waals surface area (Å²) in [6, 6.07) is 7.15. The van der Waals surface area contributed by atoms with Crippen LogP contribution in [0, 0.1) is 6.92 Å². The Bertz CT molecular complexity index is 430. The number of carbonyl (C=O) groups excluding carboxylic acids is 1. The van der Waals surface area contributed by atoms with Gasteiger partial charge < -0.3 is 14.9 Å². The molecule has 2 N–H and O–H groups in total. The SMILES string of the molecule is Cc1ccc(C2OC(=O)C(O)=C2O)cc1. The average Bonchev–Trinajstić information content (AvgIpc) is 2.47.